The number of rotatable bonds is 5. The third-order valence-electron chi connectivity index (χ3n) is 3.81. The molecular formula is C20H19FN2O5. The Balaban J connectivity index is 1.49. The van der Waals surface area contributed by atoms with Crippen molar-refractivity contribution in [2.24, 2.45) is 0 Å². The SMILES string of the molecule is C[C@H](Oc1ccccc1F)C(=O)NNC(=O)/C=C/c1ccc2c(c1)OCCO2. The quantitative estimate of drug-likeness (QED) is 0.608. The molecule has 1 atom stereocenters. The summed E-state index contributed by atoms with van der Waals surface area (Å²) in [7, 11) is 0. The van der Waals surface area contributed by atoms with Crippen LogP contribution in [0.3, 0.4) is 0 Å². The van der Waals surface area contributed by atoms with Crippen LogP contribution in [0.4, 0.5) is 4.39 Å². The molecule has 0 fully saturated rings. The lowest BCUT2D eigenvalue weighted by molar-refractivity contribution is -0.131. The van der Waals surface area contributed by atoms with Crippen molar-refractivity contribution in [3.63, 3.8) is 0 Å². The van der Waals surface area contributed by atoms with E-state index in [1.807, 2.05) is 0 Å². The van der Waals surface area contributed by atoms with Gasteiger partial charge >= 0.3 is 0 Å². The van der Waals surface area contributed by atoms with E-state index in [2.05, 4.69) is 10.9 Å². The van der Waals surface area contributed by atoms with Crippen LogP contribution < -0.4 is 25.1 Å². The summed E-state index contributed by atoms with van der Waals surface area (Å²) in [5, 5.41) is 0. The van der Waals surface area contributed by atoms with Crippen LogP contribution in [0.15, 0.2) is 48.5 Å². The number of carbonyl (C=O) groups is 2. The first kappa shape index (κ1) is 19.2. The normalized spacial score (nSPS) is 13.6. The molecule has 2 aromatic carbocycles. The first-order chi connectivity index (χ1) is 13.5. The van der Waals surface area contributed by atoms with E-state index in [0.29, 0.717) is 24.7 Å². The van der Waals surface area contributed by atoms with Crippen molar-refractivity contribution in [3.05, 3.63) is 59.9 Å². The molecule has 0 spiro atoms. The molecule has 2 N–H and O–H groups in total. The van der Waals surface area contributed by atoms with Gasteiger partial charge in [-0.05, 0) is 42.8 Å². The van der Waals surface area contributed by atoms with Crippen molar-refractivity contribution in [1.29, 1.82) is 0 Å². The molecule has 0 aromatic heterocycles. The van der Waals surface area contributed by atoms with Gasteiger partial charge in [-0.2, -0.15) is 0 Å². The van der Waals surface area contributed by atoms with Gasteiger partial charge in [0.1, 0.15) is 13.2 Å². The van der Waals surface area contributed by atoms with Gasteiger partial charge in [0.05, 0.1) is 0 Å². The van der Waals surface area contributed by atoms with Crippen LogP contribution in [-0.4, -0.2) is 31.1 Å². The van der Waals surface area contributed by atoms with Gasteiger partial charge in [-0.1, -0.05) is 18.2 Å². The van der Waals surface area contributed by atoms with Gasteiger partial charge in [-0.25, -0.2) is 4.39 Å². The molecule has 0 bridgehead atoms. The maximum Gasteiger partial charge on any atom is 0.279 e. The molecular weight excluding hydrogens is 367 g/mol. The van der Waals surface area contributed by atoms with E-state index in [1.165, 1.54) is 31.2 Å². The minimum atomic E-state index is -1.00. The second-order valence-corrected chi connectivity index (χ2v) is 5.91. The van der Waals surface area contributed by atoms with Crippen LogP contribution in [0.5, 0.6) is 17.2 Å². The van der Waals surface area contributed by atoms with Gasteiger partial charge in [-0.15, -0.1) is 0 Å². The number of nitrogens with one attached hydrogen (secondary N) is 2. The monoisotopic (exact) mass is 386 g/mol. The van der Waals surface area contributed by atoms with E-state index < -0.39 is 23.7 Å². The van der Waals surface area contributed by atoms with Crippen molar-refractivity contribution in [2.45, 2.75) is 13.0 Å². The van der Waals surface area contributed by atoms with Gasteiger partial charge < -0.3 is 14.2 Å². The molecule has 7 nitrogen and oxygen atoms in total. The molecule has 0 saturated heterocycles. The summed E-state index contributed by atoms with van der Waals surface area (Å²) in [4.78, 5) is 23.8. The minimum Gasteiger partial charge on any atom is -0.486 e. The molecule has 0 unspecified atom stereocenters. The van der Waals surface area contributed by atoms with Crippen LogP contribution in [-0.2, 0) is 9.59 Å². The fourth-order valence-corrected chi connectivity index (χ4v) is 2.39. The third-order valence-corrected chi connectivity index (χ3v) is 3.81. The van der Waals surface area contributed by atoms with E-state index in [9.17, 15) is 14.0 Å². The second kappa shape index (κ2) is 8.90. The largest absolute Gasteiger partial charge is 0.486 e. The van der Waals surface area contributed by atoms with Gasteiger partial charge in [0, 0.05) is 6.08 Å². The highest BCUT2D eigenvalue weighted by atomic mass is 19.1. The van der Waals surface area contributed by atoms with Crippen LogP contribution in [0.2, 0.25) is 0 Å². The maximum absolute atomic E-state index is 13.5. The maximum atomic E-state index is 13.5. The number of halogens is 1. The lowest BCUT2D eigenvalue weighted by Gasteiger charge is -2.18. The molecule has 1 heterocycles. The van der Waals surface area contributed by atoms with E-state index in [1.54, 1.807) is 30.3 Å². The highest BCUT2D eigenvalue weighted by molar-refractivity contribution is 5.93. The van der Waals surface area contributed by atoms with E-state index in [4.69, 9.17) is 14.2 Å². The number of benzene rings is 2. The smallest absolute Gasteiger partial charge is 0.279 e. The van der Waals surface area contributed by atoms with Gasteiger partial charge in [0.25, 0.3) is 11.8 Å². The zero-order valence-corrected chi connectivity index (χ0v) is 15.1. The van der Waals surface area contributed by atoms with Gasteiger partial charge in [0.15, 0.2) is 29.2 Å². The van der Waals surface area contributed by atoms with Crippen LogP contribution in [0, 0.1) is 5.82 Å². The summed E-state index contributed by atoms with van der Waals surface area (Å²) in [6.45, 7) is 2.42. The third kappa shape index (κ3) is 5.00. The van der Waals surface area contributed by atoms with E-state index in [-0.39, 0.29) is 5.75 Å². The van der Waals surface area contributed by atoms with E-state index >= 15 is 0 Å². The van der Waals surface area contributed by atoms with Gasteiger partial charge in [0.2, 0.25) is 0 Å². The summed E-state index contributed by atoms with van der Waals surface area (Å²) < 4.78 is 29.7. The Morgan fingerprint density at radius 3 is 2.64 bits per heavy atom. The first-order valence-corrected chi connectivity index (χ1v) is 8.61. The predicted molar refractivity (Wildman–Crippen MR) is 99.2 cm³/mol. The van der Waals surface area contributed by atoms with Crippen LogP contribution >= 0.6 is 0 Å². The summed E-state index contributed by atoms with van der Waals surface area (Å²) >= 11 is 0. The summed E-state index contributed by atoms with van der Waals surface area (Å²) in [5.41, 5.74) is 5.21. The van der Waals surface area contributed by atoms with Crippen molar-refractivity contribution in [1.82, 2.24) is 10.9 Å². The summed E-state index contributed by atoms with van der Waals surface area (Å²) in [5.74, 6) is -0.514. The van der Waals surface area contributed by atoms with Crippen LogP contribution in [0.25, 0.3) is 6.08 Å². The van der Waals surface area contributed by atoms with E-state index in [0.717, 1.165) is 5.56 Å². The number of hydrogen-bond donors (Lipinski definition) is 2. The Morgan fingerprint density at radius 2 is 1.86 bits per heavy atom. The number of fused-ring (bicyclic) bond motifs is 1. The van der Waals surface area contributed by atoms with Crippen molar-refractivity contribution < 1.29 is 28.2 Å². The van der Waals surface area contributed by atoms with Crippen molar-refractivity contribution >= 4 is 17.9 Å². The number of carbonyl (C=O) groups excluding carboxylic acids is 2. The highest BCUT2D eigenvalue weighted by Gasteiger charge is 2.16. The second-order valence-electron chi connectivity index (χ2n) is 5.91. The van der Waals surface area contributed by atoms with Crippen LogP contribution in [0.1, 0.15) is 12.5 Å². The van der Waals surface area contributed by atoms with Crippen molar-refractivity contribution in [2.75, 3.05) is 13.2 Å². The van der Waals surface area contributed by atoms with Gasteiger partial charge in [-0.3, -0.25) is 20.4 Å². The molecule has 1 aliphatic rings. The molecule has 2 amide bonds. The summed E-state index contributed by atoms with van der Waals surface area (Å²) in [6.07, 6.45) is 1.83. The number of para-hydroxylation sites is 1. The average Bonchev–Trinajstić information content (AvgIpc) is 2.71. The Kier molecular flexibility index (Phi) is 6.11. The fraction of sp³-hybridized carbons (Fsp3) is 0.200. The topological polar surface area (TPSA) is 85.9 Å². The summed E-state index contributed by atoms with van der Waals surface area (Å²) in [6, 6.07) is 11.0. The molecule has 146 valence electrons. The lowest BCUT2D eigenvalue weighted by Crippen LogP contribution is -2.46. The molecule has 8 heteroatoms. The molecule has 1 aliphatic heterocycles. The zero-order valence-electron chi connectivity index (χ0n) is 15.1. The van der Waals surface area contributed by atoms with Crippen molar-refractivity contribution in [3.8, 4) is 17.2 Å². The molecule has 3 rings (SSSR count). The molecule has 0 aliphatic carbocycles. The highest BCUT2D eigenvalue weighted by Crippen LogP contribution is 2.31. The molecule has 0 saturated carbocycles. The molecule has 2 aromatic rings. The minimum absolute atomic E-state index is 0.0463. The predicted octanol–water partition coefficient (Wildman–Crippen LogP) is 2.22. The Bertz CT molecular complexity index is 900. The number of hydrogen-bond acceptors (Lipinski definition) is 5. The molecule has 0 radical (unpaired) electrons. The average molecular weight is 386 g/mol. The Labute approximate surface area is 161 Å². The number of ether oxygens (including phenoxy) is 3. The fourth-order valence-electron chi connectivity index (χ4n) is 2.39. The zero-order chi connectivity index (χ0) is 19.9. The molecule has 28 heavy (non-hydrogen) atoms. The lowest BCUT2D eigenvalue weighted by atomic mass is 10.2. The standard InChI is InChI=1S/C20H19FN2O5/c1-13(28-16-5-3-2-4-15(16)21)20(25)23-22-19(24)9-7-14-6-8-17-18(12-14)27-11-10-26-17/h2-9,12-13H,10-11H2,1H3,(H,22,24)(H,23,25)/b9-7+/t13-/m0/s1. The Hall–Kier alpha value is -3.55. The number of hydrazine groups is 1. The Morgan fingerprint density at radius 1 is 1.11 bits per heavy atom. The first-order valence-electron chi connectivity index (χ1n) is 8.61. The number of amides is 2.